The van der Waals surface area contributed by atoms with Crippen LogP contribution < -0.4 is 4.74 Å². The van der Waals surface area contributed by atoms with Gasteiger partial charge in [-0.25, -0.2) is 0 Å². The Bertz CT molecular complexity index is 866. The van der Waals surface area contributed by atoms with Crippen molar-refractivity contribution in [3.05, 3.63) is 41.1 Å². The molecular weight excluding hydrogens is 370 g/mol. The maximum atomic E-state index is 13.2. The number of esters is 1. The first kappa shape index (κ1) is 19.8. The van der Waals surface area contributed by atoms with Gasteiger partial charge in [0.25, 0.3) is 0 Å². The van der Waals surface area contributed by atoms with Crippen LogP contribution in [0.5, 0.6) is 5.75 Å². The molecule has 29 heavy (non-hydrogen) atoms. The van der Waals surface area contributed by atoms with E-state index in [1.54, 1.807) is 7.11 Å². The van der Waals surface area contributed by atoms with Crippen molar-refractivity contribution >= 4 is 17.5 Å². The van der Waals surface area contributed by atoms with E-state index in [1.807, 2.05) is 31.2 Å². The van der Waals surface area contributed by atoms with Crippen molar-refractivity contribution in [2.75, 3.05) is 20.3 Å². The first-order valence-corrected chi connectivity index (χ1v) is 10.3. The second kappa shape index (κ2) is 8.49. The lowest BCUT2D eigenvalue weighted by Gasteiger charge is -2.34. The molecule has 4 rings (SSSR count). The van der Waals surface area contributed by atoms with E-state index in [4.69, 9.17) is 14.2 Å². The van der Waals surface area contributed by atoms with Gasteiger partial charge in [0.15, 0.2) is 5.78 Å². The third-order valence-corrected chi connectivity index (χ3v) is 5.98. The Morgan fingerprint density at radius 2 is 2.14 bits per heavy atom. The molecule has 0 aromatic heterocycles. The van der Waals surface area contributed by atoms with E-state index in [2.05, 4.69) is 4.99 Å². The van der Waals surface area contributed by atoms with Gasteiger partial charge in [-0.05, 0) is 50.3 Å². The highest BCUT2D eigenvalue weighted by Gasteiger charge is 2.43. The number of hydrogen-bond acceptors (Lipinski definition) is 6. The predicted molar refractivity (Wildman–Crippen MR) is 108 cm³/mol. The van der Waals surface area contributed by atoms with E-state index < -0.39 is 11.8 Å². The van der Waals surface area contributed by atoms with Crippen LogP contribution in [0.15, 0.2) is 40.5 Å². The lowest BCUT2D eigenvalue weighted by Crippen LogP contribution is -2.38. The Morgan fingerprint density at radius 3 is 2.90 bits per heavy atom. The Kier molecular flexibility index (Phi) is 5.81. The summed E-state index contributed by atoms with van der Waals surface area (Å²) in [6, 6.07) is 7.59. The summed E-state index contributed by atoms with van der Waals surface area (Å²) in [6.07, 6.45) is 3.90. The van der Waals surface area contributed by atoms with Crippen molar-refractivity contribution in [3.8, 4) is 5.75 Å². The number of rotatable bonds is 5. The normalized spacial score (nSPS) is 26.8. The molecule has 0 radical (unpaired) electrons. The van der Waals surface area contributed by atoms with Crippen LogP contribution in [-0.4, -0.2) is 43.9 Å². The molecule has 154 valence electrons. The van der Waals surface area contributed by atoms with E-state index in [1.165, 1.54) is 0 Å². The number of methoxy groups -OCH3 is 1. The third kappa shape index (κ3) is 3.99. The number of carbonyl (C=O) groups is 2. The summed E-state index contributed by atoms with van der Waals surface area (Å²) >= 11 is 0. The zero-order valence-corrected chi connectivity index (χ0v) is 17.0. The number of nitrogens with zero attached hydrogens (tertiary/aromatic N) is 1. The summed E-state index contributed by atoms with van der Waals surface area (Å²) in [5, 5.41) is 0. The standard InChI is InChI=1S/C23H27NO5/c1-14-20(23(26)29-13-17-8-5-11-28-17)21(15-6-3-7-16(12-15)27-2)22-18(24-14)9-4-10-19(22)25/h3,6-7,12,17,20-21H,4-5,8-11,13H2,1-2H3/t17-,20?,21+/m0/s1. The number of carbonyl (C=O) groups excluding carboxylic acids is 2. The van der Waals surface area contributed by atoms with Crippen LogP contribution in [0.4, 0.5) is 0 Å². The Hall–Kier alpha value is -2.47. The van der Waals surface area contributed by atoms with Crippen LogP contribution in [0.3, 0.4) is 0 Å². The molecule has 0 amide bonds. The molecule has 6 heteroatoms. The molecular formula is C23H27NO5. The van der Waals surface area contributed by atoms with Crippen LogP contribution >= 0.6 is 0 Å². The maximum absolute atomic E-state index is 13.2. The molecule has 1 aliphatic carbocycles. The fourth-order valence-electron chi connectivity index (χ4n) is 4.55. The SMILES string of the molecule is COc1cccc([C@H]2C3=C(CCCC3=O)N=C(C)C2C(=O)OC[C@@H]2CCCO2)c1. The first-order valence-electron chi connectivity index (χ1n) is 10.3. The molecule has 0 saturated carbocycles. The number of hydrogen-bond donors (Lipinski definition) is 0. The minimum Gasteiger partial charge on any atom is -0.497 e. The van der Waals surface area contributed by atoms with Crippen LogP contribution in [0.2, 0.25) is 0 Å². The summed E-state index contributed by atoms with van der Waals surface area (Å²) < 4.78 is 16.6. The second-order valence-corrected chi connectivity index (χ2v) is 7.89. The quantitative estimate of drug-likeness (QED) is 0.710. The third-order valence-electron chi connectivity index (χ3n) is 5.98. The van der Waals surface area contributed by atoms with Crippen molar-refractivity contribution < 1.29 is 23.8 Å². The van der Waals surface area contributed by atoms with Gasteiger partial charge in [-0.15, -0.1) is 0 Å². The lowest BCUT2D eigenvalue weighted by molar-refractivity contribution is -0.149. The number of aliphatic imine (C=N–C) groups is 1. The molecule has 1 saturated heterocycles. The number of ether oxygens (including phenoxy) is 3. The molecule has 1 fully saturated rings. The highest BCUT2D eigenvalue weighted by molar-refractivity contribution is 6.08. The van der Waals surface area contributed by atoms with Gasteiger partial charge in [0.1, 0.15) is 18.3 Å². The predicted octanol–water partition coefficient (Wildman–Crippen LogP) is 3.60. The summed E-state index contributed by atoms with van der Waals surface area (Å²) in [4.78, 5) is 30.7. The minimum absolute atomic E-state index is 0.0406. The fourth-order valence-corrected chi connectivity index (χ4v) is 4.55. The molecule has 1 unspecified atom stereocenters. The lowest BCUT2D eigenvalue weighted by atomic mass is 9.71. The van der Waals surface area contributed by atoms with Crippen LogP contribution in [0, 0.1) is 5.92 Å². The number of ketones is 1. The Balaban J connectivity index is 1.69. The van der Waals surface area contributed by atoms with Gasteiger partial charge >= 0.3 is 5.97 Å². The van der Waals surface area contributed by atoms with Crippen molar-refractivity contribution in [2.24, 2.45) is 10.9 Å². The summed E-state index contributed by atoms with van der Waals surface area (Å²) in [5.41, 5.74) is 3.05. The molecule has 2 heterocycles. The maximum Gasteiger partial charge on any atom is 0.315 e. The summed E-state index contributed by atoms with van der Waals surface area (Å²) in [6.45, 7) is 2.81. The molecule has 0 bridgehead atoms. The monoisotopic (exact) mass is 397 g/mol. The van der Waals surface area contributed by atoms with Gasteiger partial charge in [-0.3, -0.25) is 14.6 Å². The number of Topliss-reactive ketones (excluding diaryl/α,β-unsaturated/α-hetero) is 1. The fraction of sp³-hybridized carbons (Fsp3) is 0.522. The van der Waals surface area contributed by atoms with Gasteiger partial charge in [0.2, 0.25) is 0 Å². The highest BCUT2D eigenvalue weighted by atomic mass is 16.6. The molecule has 3 atom stereocenters. The second-order valence-electron chi connectivity index (χ2n) is 7.89. The van der Waals surface area contributed by atoms with Crippen molar-refractivity contribution in [1.82, 2.24) is 0 Å². The first-order chi connectivity index (χ1) is 14.1. The number of benzene rings is 1. The van der Waals surface area contributed by atoms with Crippen molar-refractivity contribution in [1.29, 1.82) is 0 Å². The van der Waals surface area contributed by atoms with Crippen LogP contribution in [0.25, 0.3) is 0 Å². The van der Waals surface area contributed by atoms with E-state index in [0.29, 0.717) is 30.1 Å². The molecule has 1 aromatic rings. The Morgan fingerprint density at radius 1 is 1.28 bits per heavy atom. The summed E-state index contributed by atoms with van der Waals surface area (Å²) in [7, 11) is 1.61. The Labute approximate surface area is 170 Å². The largest absolute Gasteiger partial charge is 0.497 e. The smallest absolute Gasteiger partial charge is 0.315 e. The van der Waals surface area contributed by atoms with E-state index in [-0.39, 0.29) is 24.5 Å². The van der Waals surface area contributed by atoms with Gasteiger partial charge < -0.3 is 14.2 Å². The highest BCUT2D eigenvalue weighted by Crippen LogP contribution is 2.44. The zero-order valence-electron chi connectivity index (χ0n) is 17.0. The van der Waals surface area contributed by atoms with Crippen LogP contribution in [0.1, 0.15) is 50.5 Å². The molecule has 0 N–H and O–H groups in total. The molecule has 0 spiro atoms. The average Bonchev–Trinajstić information content (AvgIpc) is 3.25. The van der Waals surface area contributed by atoms with E-state index in [9.17, 15) is 9.59 Å². The molecule has 2 aliphatic heterocycles. The van der Waals surface area contributed by atoms with E-state index in [0.717, 1.165) is 36.9 Å². The minimum atomic E-state index is -0.621. The van der Waals surface area contributed by atoms with E-state index >= 15 is 0 Å². The van der Waals surface area contributed by atoms with Gasteiger partial charge in [-0.1, -0.05) is 12.1 Å². The van der Waals surface area contributed by atoms with Crippen molar-refractivity contribution in [2.45, 2.75) is 51.0 Å². The average molecular weight is 397 g/mol. The molecule has 6 nitrogen and oxygen atoms in total. The topological polar surface area (TPSA) is 74.2 Å². The summed E-state index contributed by atoms with van der Waals surface area (Å²) in [5.74, 6) is -0.599. The van der Waals surface area contributed by atoms with Gasteiger partial charge in [-0.2, -0.15) is 0 Å². The number of allylic oxidation sites excluding steroid dienone is 2. The molecule has 3 aliphatic rings. The van der Waals surface area contributed by atoms with Gasteiger partial charge in [0, 0.05) is 35.9 Å². The van der Waals surface area contributed by atoms with Crippen LogP contribution in [-0.2, 0) is 19.1 Å². The zero-order chi connectivity index (χ0) is 20.4. The van der Waals surface area contributed by atoms with Crippen molar-refractivity contribution in [3.63, 3.8) is 0 Å². The molecule has 1 aromatic carbocycles. The van der Waals surface area contributed by atoms with Gasteiger partial charge in [0.05, 0.1) is 13.2 Å².